The third-order valence-corrected chi connectivity index (χ3v) is 4.54. The van der Waals surface area contributed by atoms with E-state index in [2.05, 4.69) is 22.1 Å². The molecular weight excluding hydrogens is 332 g/mol. The van der Waals surface area contributed by atoms with E-state index < -0.39 is 0 Å². The molecule has 122 valence electrons. The minimum Gasteiger partial charge on any atom is -0.352 e. The molecule has 7 heteroatoms. The third kappa shape index (κ3) is 4.36. The molecule has 0 spiro atoms. The highest BCUT2D eigenvalue weighted by molar-refractivity contribution is 8.00. The molecule has 23 heavy (non-hydrogen) atoms. The van der Waals surface area contributed by atoms with Crippen LogP contribution in [0.3, 0.4) is 0 Å². The predicted molar refractivity (Wildman–Crippen MR) is 94.7 cm³/mol. The first-order chi connectivity index (χ1) is 11.1. The number of hydrogen-bond donors (Lipinski definition) is 1. The number of hydrogen-bond acceptors (Lipinski definition) is 4. The molecule has 1 amide bonds. The second-order valence-corrected chi connectivity index (χ2v) is 6.60. The van der Waals surface area contributed by atoms with Crippen LogP contribution in [0.2, 0.25) is 5.02 Å². The van der Waals surface area contributed by atoms with Crippen molar-refractivity contribution in [2.75, 3.05) is 6.54 Å². The van der Waals surface area contributed by atoms with Crippen LogP contribution in [0.5, 0.6) is 0 Å². The Hall–Kier alpha value is -1.79. The van der Waals surface area contributed by atoms with Gasteiger partial charge in [0.15, 0.2) is 11.0 Å². The molecule has 1 atom stereocenters. The van der Waals surface area contributed by atoms with Crippen molar-refractivity contribution in [3.63, 3.8) is 0 Å². The molecule has 0 radical (unpaired) electrons. The maximum absolute atomic E-state index is 12.0. The lowest BCUT2D eigenvalue weighted by Crippen LogP contribution is -2.31. The van der Waals surface area contributed by atoms with Crippen LogP contribution in [0.15, 0.2) is 42.1 Å². The van der Waals surface area contributed by atoms with Crippen molar-refractivity contribution in [3.8, 4) is 11.4 Å². The molecule has 1 aromatic heterocycles. The van der Waals surface area contributed by atoms with Crippen LogP contribution < -0.4 is 5.32 Å². The number of amides is 1. The maximum Gasteiger partial charge on any atom is 0.233 e. The largest absolute Gasteiger partial charge is 0.352 e. The van der Waals surface area contributed by atoms with E-state index in [1.165, 1.54) is 11.8 Å². The Morgan fingerprint density at radius 2 is 2.13 bits per heavy atom. The molecule has 1 aromatic carbocycles. The summed E-state index contributed by atoms with van der Waals surface area (Å²) >= 11 is 7.31. The SMILES string of the molecule is C=CCNC(=O)[C@@H](C)Sc1nnc(-c2ccc(Cl)cc2)n1CC. The minimum atomic E-state index is -0.262. The van der Waals surface area contributed by atoms with Gasteiger partial charge in [-0.25, -0.2) is 0 Å². The zero-order valence-corrected chi connectivity index (χ0v) is 14.7. The fraction of sp³-hybridized carbons (Fsp3) is 0.312. The van der Waals surface area contributed by atoms with Gasteiger partial charge in [-0.05, 0) is 38.1 Å². The summed E-state index contributed by atoms with van der Waals surface area (Å²) in [6.45, 7) is 8.63. The molecule has 2 aromatic rings. The summed E-state index contributed by atoms with van der Waals surface area (Å²) in [6.07, 6.45) is 1.66. The smallest absolute Gasteiger partial charge is 0.233 e. The van der Waals surface area contributed by atoms with E-state index in [1.54, 1.807) is 6.08 Å². The van der Waals surface area contributed by atoms with Gasteiger partial charge in [-0.15, -0.1) is 16.8 Å². The molecule has 1 heterocycles. The molecule has 0 unspecified atom stereocenters. The first kappa shape index (κ1) is 17.6. The fourth-order valence-electron chi connectivity index (χ4n) is 2.00. The number of nitrogens with one attached hydrogen (secondary N) is 1. The van der Waals surface area contributed by atoms with Gasteiger partial charge in [-0.1, -0.05) is 29.4 Å². The number of carbonyl (C=O) groups excluding carboxylic acids is 1. The van der Waals surface area contributed by atoms with Crippen LogP contribution in [0.1, 0.15) is 13.8 Å². The third-order valence-electron chi connectivity index (χ3n) is 3.21. The van der Waals surface area contributed by atoms with Crippen molar-refractivity contribution in [2.45, 2.75) is 30.8 Å². The molecule has 0 aliphatic rings. The van der Waals surface area contributed by atoms with Crippen molar-refractivity contribution < 1.29 is 4.79 Å². The maximum atomic E-state index is 12.0. The van der Waals surface area contributed by atoms with Crippen molar-refractivity contribution in [2.24, 2.45) is 0 Å². The van der Waals surface area contributed by atoms with E-state index in [4.69, 9.17) is 11.6 Å². The lowest BCUT2D eigenvalue weighted by Gasteiger charge is -2.12. The predicted octanol–water partition coefficient (Wildman–Crippen LogP) is 3.40. The van der Waals surface area contributed by atoms with E-state index in [0.29, 0.717) is 18.1 Å². The summed E-state index contributed by atoms with van der Waals surface area (Å²) in [6, 6.07) is 7.47. The molecule has 1 N–H and O–H groups in total. The lowest BCUT2D eigenvalue weighted by atomic mass is 10.2. The highest BCUT2D eigenvalue weighted by atomic mass is 35.5. The van der Waals surface area contributed by atoms with E-state index in [9.17, 15) is 4.79 Å². The average Bonchev–Trinajstić information content (AvgIpc) is 2.95. The summed E-state index contributed by atoms with van der Waals surface area (Å²) in [5.74, 6) is 0.721. The summed E-state index contributed by atoms with van der Waals surface area (Å²) in [5.41, 5.74) is 0.944. The molecule has 0 fully saturated rings. The molecular formula is C16H19ClN4OS. The summed E-state index contributed by atoms with van der Waals surface area (Å²) in [7, 11) is 0. The normalized spacial score (nSPS) is 12.0. The second-order valence-electron chi connectivity index (χ2n) is 4.85. The Morgan fingerprint density at radius 3 is 2.74 bits per heavy atom. The van der Waals surface area contributed by atoms with Gasteiger partial charge in [-0.3, -0.25) is 4.79 Å². The van der Waals surface area contributed by atoms with Gasteiger partial charge in [0.05, 0.1) is 5.25 Å². The second kappa shape index (κ2) is 8.17. The fourth-order valence-corrected chi connectivity index (χ4v) is 3.06. The Kier molecular flexibility index (Phi) is 6.24. The molecule has 0 bridgehead atoms. The highest BCUT2D eigenvalue weighted by Crippen LogP contribution is 2.27. The molecule has 0 saturated heterocycles. The van der Waals surface area contributed by atoms with Gasteiger partial charge in [0.2, 0.25) is 5.91 Å². The van der Waals surface area contributed by atoms with E-state index in [0.717, 1.165) is 16.5 Å². The van der Waals surface area contributed by atoms with E-state index in [1.807, 2.05) is 42.7 Å². The highest BCUT2D eigenvalue weighted by Gasteiger charge is 2.19. The van der Waals surface area contributed by atoms with Crippen LogP contribution in [0, 0.1) is 0 Å². The van der Waals surface area contributed by atoms with Crippen LogP contribution in [0.4, 0.5) is 0 Å². The van der Waals surface area contributed by atoms with Crippen molar-refractivity contribution in [1.29, 1.82) is 0 Å². The van der Waals surface area contributed by atoms with E-state index in [-0.39, 0.29) is 11.2 Å². The summed E-state index contributed by atoms with van der Waals surface area (Å²) in [5, 5.41) is 12.4. The summed E-state index contributed by atoms with van der Waals surface area (Å²) < 4.78 is 1.99. The number of aromatic nitrogens is 3. The quantitative estimate of drug-likeness (QED) is 0.614. The minimum absolute atomic E-state index is 0.0476. The van der Waals surface area contributed by atoms with Crippen molar-refractivity contribution in [3.05, 3.63) is 41.9 Å². The lowest BCUT2D eigenvalue weighted by molar-refractivity contribution is -0.120. The zero-order chi connectivity index (χ0) is 16.8. The number of rotatable bonds is 7. The van der Waals surface area contributed by atoms with Gasteiger partial charge >= 0.3 is 0 Å². The Morgan fingerprint density at radius 1 is 1.43 bits per heavy atom. The van der Waals surface area contributed by atoms with Crippen molar-refractivity contribution in [1.82, 2.24) is 20.1 Å². The van der Waals surface area contributed by atoms with Crippen molar-refractivity contribution >= 4 is 29.3 Å². The topological polar surface area (TPSA) is 59.8 Å². The van der Waals surface area contributed by atoms with Gasteiger partial charge in [0.25, 0.3) is 0 Å². The number of benzene rings is 1. The van der Waals surface area contributed by atoms with Gasteiger partial charge in [0.1, 0.15) is 0 Å². The summed E-state index contributed by atoms with van der Waals surface area (Å²) in [4.78, 5) is 12.0. The number of carbonyl (C=O) groups is 1. The first-order valence-corrected chi connectivity index (χ1v) is 8.57. The van der Waals surface area contributed by atoms with Gasteiger partial charge in [0, 0.05) is 23.7 Å². The molecule has 0 saturated carbocycles. The van der Waals surface area contributed by atoms with Gasteiger partial charge in [-0.2, -0.15) is 0 Å². The van der Waals surface area contributed by atoms with Crippen LogP contribution >= 0.6 is 23.4 Å². The van der Waals surface area contributed by atoms with Gasteiger partial charge < -0.3 is 9.88 Å². The molecule has 0 aliphatic carbocycles. The first-order valence-electron chi connectivity index (χ1n) is 7.31. The average molecular weight is 351 g/mol. The number of nitrogens with zero attached hydrogens (tertiary/aromatic N) is 3. The Balaban J connectivity index is 2.19. The van der Waals surface area contributed by atoms with Crippen LogP contribution in [0.25, 0.3) is 11.4 Å². The Bertz CT molecular complexity index is 684. The van der Waals surface area contributed by atoms with E-state index >= 15 is 0 Å². The number of thioether (sulfide) groups is 1. The molecule has 5 nitrogen and oxygen atoms in total. The Labute approximate surface area is 145 Å². The van der Waals surface area contributed by atoms with Crippen LogP contribution in [-0.4, -0.2) is 32.5 Å². The molecule has 0 aliphatic heterocycles. The van der Waals surface area contributed by atoms with Crippen LogP contribution in [-0.2, 0) is 11.3 Å². The number of halogens is 1. The monoisotopic (exact) mass is 350 g/mol. The zero-order valence-electron chi connectivity index (χ0n) is 13.1. The molecule has 2 rings (SSSR count). The standard InChI is InChI=1S/C16H19ClN4OS/c1-4-10-18-15(22)11(3)23-16-20-19-14(21(16)5-2)12-6-8-13(17)9-7-12/h4,6-9,11H,1,5,10H2,2-3H3,(H,18,22)/t11-/m1/s1.